The molecule has 0 saturated carbocycles. The van der Waals surface area contributed by atoms with E-state index in [4.69, 9.17) is 0 Å². The van der Waals surface area contributed by atoms with Crippen LogP contribution in [-0.4, -0.2) is 29.9 Å². The van der Waals surface area contributed by atoms with Gasteiger partial charge in [0.1, 0.15) is 0 Å². The average molecular weight is 308 g/mol. The second-order valence-electron chi connectivity index (χ2n) is 5.76. The number of aryl methyl sites for hydroxylation is 2. The van der Waals surface area contributed by atoms with E-state index in [0.29, 0.717) is 37.1 Å². The molecule has 2 aromatic heterocycles. The molecule has 0 radical (unpaired) electrons. The molecule has 1 N–H and O–H groups in total. The van der Waals surface area contributed by atoms with Crippen LogP contribution in [0.4, 0.5) is 0 Å². The number of aliphatic hydroxyl groups excluding tert-OH is 1. The number of aliphatic hydroxyl groups is 1. The summed E-state index contributed by atoms with van der Waals surface area (Å²) in [5.74, 6) is 0. The molecular formula is C15H24N4O3. The molecule has 122 valence electrons. The minimum absolute atomic E-state index is 0.288. The molecule has 22 heavy (non-hydrogen) atoms. The predicted octanol–water partition coefficient (Wildman–Crippen LogP) is 0.858. The molecule has 0 amide bonds. The summed E-state index contributed by atoms with van der Waals surface area (Å²) < 4.78 is 4.53. The summed E-state index contributed by atoms with van der Waals surface area (Å²) in [5, 5.41) is 9.28. The molecule has 0 aliphatic rings. The van der Waals surface area contributed by atoms with Crippen LogP contribution in [0.25, 0.3) is 11.2 Å². The maximum atomic E-state index is 12.6. The lowest BCUT2D eigenvalue weighted by molar-refractivity contribution is 0.180. The van der Waals surface area contributed by atoms with Gasteiger partial charge in [0.2, 0.25) is 0 Å². The topological polar surface area (TPSA) is 82.0 Å². The Morgan fingerprint density at radius 1 is 1.23 bits per heavy atom. The summed E-state index contributed by atoms with van der Waals surface area (Å²) in [7, 11) is 1.76. The zero-order valence-electron chi connectivity index (χ0n) is 13.4. The van der Waals surface area contributed by atoms with E-state index in [1.807, 2.05) is 6.92 Å². The molecule has 2 rings (SSSR count). The van der Waals surface area contributed by atoms with Gasteiger partial charge in [-0.05, 0) is 32.6 Å². The molecule has 7 heteroatoms. The molecule has 0 spiro atoms. The SMILES string of the molecule is CCCn1c(=O)n(CCCCC(C)O)c(=O)c2c1ncn2C. The first-order valence-electron chi connectivity index (χ1n) is 7.80. The van der Waals surface area contributed by atoms with Crippen LogP contribution >= 0.6 is 0 Å². The lowest BCUT2D eigenvalue weighted by Gasteiger charge is -2.11. The van der Waals surface area contributed by atoms with E-state index in [9.17, 15) is 14.7 Å². The molecule has 0 aromatic carbocycles. The van der Waals surface area contributed by atoms with E-state index in [1.54, 1.807) is 29.4 Å². The van der Waals surface area contributed by atoms with Gasteiger partial charge >= 0.3 is 5.69 Å². The van der Waals surface area contributed by atoms with E-state index >= 15 is 0 Å². The Bertz CT molecular complexity index is 754. The van der Waals surface area contributed by atoms with Gasteiger partial charge in [0, 0.05) is 20.1 Å². The maximum absolute atomic E-state index is 12.6. The highest BCUT2D eigenvalue weighted by Crippen LogP contribution is 2.06. The fourth-order valence-corrected chi connectivity index (χ4v) is 2.64. The fourth-order valence-electron chi connectivity index (χ4n) is 2.64. The molecule has 0 bridgehead atoms. The van der Waals surface area contributed by atoms with Gasteiger partial charge in [-0.3, -0.25) is 13.9 Å². The van der Waals surface area contributed by atoms with Gasteiger partial charge in [-0.2, -0.15) is 0 Å². The summed E-state index contributed by atoms with van der Waals surface area (Å²) in [6.45, 7) is 4.64. The zero-order valence-corrected chi connectivity index (χ0v) is 13.4. The number of hydrogen-bond acceptors (Lipinski definition) is 4. The van der Waals surface area contributed by atoms with Crippen LogP contribution in [0.2, 0.25) is 0 Å². The quantitative estimate of drug-likeness (QED) is 0.769. The monoisotopic (exact) mass is 308 g/mol. The minimum atomic E-state index is -0.354. The highest BCUT2D eigenvalue weighted by atomic mass is 16.3. The first-order chi connectivity index (χ1) is 10.5. The van der Waals surface area contributed by atoms with Crippen molar-refractivity contribution >= 4 is 11.2 Å². The van der Waals surface area contributed by atoms with Crippen LogP contribution in [0, 0.1) is 0 Å². The smallest absolute Gasteiger partial charge is 0.332 e. The van der Waals surface area contributed by atoms with E-state index in [0.717, 1.165) is 12.8 Å². The van der Waals surface area contributed by atoms with Crippen molar-refractivity contribution in [1.82, 2.24) is 18.7 Å². The van der Waals surface area contributed by atoms with E-state index in [2.05, 4.69) is 4.98 Å². The fraction of sp³-hybridized carbons (Fsp3) is 0.667. The third-order valence-corrected chi connectivity index (χ3v) is 3.78. The van der Waals surface area contributed by atoms with Crippen LogP contribution in [0.3, 0.4) is 0 Å². The molecule has 0 aliphatic carbocycles. The Labute approximate surface area is 128 Å². The van der Waals surface area contributed by atoms with Crippen molar-refractivity contribution in [3.05, 3.63) is 27.2 Å². The normalized spacial score (nSPS) is 12.9. The highest BCUT2D eigenvalue weighted by Gasteiger charge is 2.16. The largest absolute Gasteiger partial charge is 0.393 e. The first-order valence-corrected chi connectivity index (χ1v) is 7.80. The van der Waals surface area contributed by atoms with E-state index in [-0.39, 0.29) is 17.4 Å². The third kappa shape index (κ3) is 3.14. The number of hydrogen-bond donors (Lipinski definition) is 1. The van der Waals surface area contributed by atoms with Crippen molar-refractivity contribution in [1.29, 1.82) is 0 Å². The Morgan fingerprint density at radius 3 is 2.59 bits per heavy atom. The molecule has 0 fully saturated rings. The Kier molecular flexibility index (Phi) is 5.18. The van der Waals surface area contributed by atoms with E-state index in [1.165, 1.54) is 4.57 Å². The summed E-state index contributed by atoms with van der Waals surface area (Å²) >= 11 is 0. The van der Waals surface area contributed by atoms with Gasteiger partial charge in [0.05, 0.1) is 12.4 Å². The van der Waals surface area contributed by atoms with Crippen molar-refractivity contribution in [3.63, 3.8) is 0 Å². The Morgan fingerprint density at radius 2 is 1.95 bits per heavy atom. The summed E-state index contributed by atoms with van der Waals surface area (Å²) in [6.07, 6.45) is 4.15. The van der Waals surface area contributed by atoms with Crippen LogP contribution in [0.1, 0.15) is 39.5 Å². The average Bonchev–Trinajstić information content (AvgIpc) is 2.84. The molecule has 0 saturated heterocycles. The first kappa shape index (κ1) is 16.5. The van der Waals surface area contributed by atoms with Crippen LogP contribution < -0.4 is 11.2 Å². The van der Waals surface area contributed by atoms with Gasteiger partial charge in [0.25, 0.3) is 5.56 Å². The molecule has 1 atom stereocenters. The number of rotatable bonds is 7. The minimum Gasteiger partial charge on any atom is -0.393 e. The van der Waals surface area contributed by atoms with Crippen molar-refractivity contribution in [3.8, 4) is 0 Å². The van der Waals surface area contributed by atoms with Gasteiger partial charge in [-0.1, -0.05) is 6.92 Å². The molecule has 7 nitrogen and oxygen atoms in total. The molecule has 0 aliphatic heterocycles. The number of aromatic nitrogens is 4. The number of fused-ring (bicyclic) bond motifs is 1. The van der Waals surface area contributed by atoms with Gasteiger partial charge < -0.3 is 9.67 Å². The van der Waals surface area contributed by atoms with Crippen LogP contribution in [-0.2, 0) is 20.1 Å². The van der Waals surface area contributed by atoms with Gasteiger partial charge in [0.15, 0.2) is 11.2 Å². The molecule has 2 heterocycles. The summed E-state index contributed by atoms with van der Waals surface area (Å²) in [6, 6.07) is 0. The van der Waals surface area contributed by atoms with Crippen LogP contribution in [0.15, 0.2) is 15.9 Å². The maximum Gasteiger partial charge on any atom is 0.332 e. The Balaban J connectivity index is 2.42. The van der Waals surface area contributed by atoms with Crippen molar-refractivity contribution in [2.45, 2.75) is 58.7 Å². The van der Waals surface area contributed by atoms with Gasteiger partial charge in [-0.15, -0.1) is 0 Å². The molecular weight excluding hydrogens is 284 g/mol. The lowest BCUT2D eigenvalue weighted by Crippen LogP contribution is -2.40. The molecule has 2 aromatic rings. The van der Waals surface area contributed by atoms with Crippen molar-refractivity contribution < 1.29 is 5.11 Å². The number of nitrogens with zero attached hydrogens (tertiary/aromatic N) is 4. The number of imidazole rings is 1. The second-order valence-corrected chi connectivity index (χ2v) is 5.76. The summed E-state index contributed by atoms with van der Waals surface area (Å²) in [4.78, 5) is 29.3. The third-order valence-electron chi connectivity index (χ3n) is 3.78. The highest BCUT2D eigenvalue weighted by molar-refractivity contribution is 5.69. The Hall–Kier alpha value is -1.89. The molecule has 1 unspecified atom stereocenters. The number of unbranched alkanes of at least 4 members (excludes halogenated alkanes) is 1. The van der Waals surface area contributed by atoms with Crippen molar-refractivity contribution in [2.24, 2.45) is 7.05 Å². The van der Waals surface area contributed by atoms with E-state index < -0.39 is 0 Å². The zero-order chi connectivity index (χ0) is 16.3. The second kappa shape index (κ2) is 6.91. The van der Waals surface area contributed by atoms with Gasteiger partial charge in [-0.25, -0.2) is 9.78 Å². The lowest BCUT2D eigenvalue weighted by atomic mass is 10.2. The summed E-state index contributed by atoms with van der Waals surface area (Å²) in [5.41, 5.74) is 0.336. The van der Waals surface area contributed by atoms with Crippen LogP contribution in [0.5, 0.6) is 0 Å². The standard InChI is InChI=1S/C15H24N4O3/c1-4-8-18-13-12(17(3)10-16-13)14(21)19(15(18)22)9-6-5-7-11(2)20/h10-11,20H,4-9H2,1-3H3. The predicted molar refractivity (Wildman–Crippen MR) is 85.1 cm³/mol. The van der Waals surface area contributed by atoms with Crippen molar-refractivity contribution in [2.75, 3.05) is 0 Å².